The molecule has 3 heteroatoms. The highest BCUT2D eigenvalue weighted by Gasteiger charge is 2.24. The van der Waals surface area contributed by atoms with E-state index in [-0.39, 0.29) is 0 Å². The summed E-state index contributed by atoms with van der Waals surface area (Å²) in [7, 11) is 2.01. The normalized spacial score (nSPS) is 29.9. The molecule has 0 spiro atoms. The third-order valence-corrected chi connectivity index (χ3v) is 2.57. The second-order valence-corrected chi connectivity index (χ2v) is 3.53. The van der Waals surface area contributed by atoms with E-state index in [0.29, 0.717) is 18.6 Å². The van der Waals surface area contributed by atoms with Crippen molar-refractivity contribution >= 4 is 0 Å². The van der Waals surface area contributed by atoms with Gasteiger partial charge in [0.15, 0.2) is 0 Å². The lowest BCUT2D eigenvalue weighted by Gasteiger charge is -2.35. The largest absolute Gasteiger partial charge is 0.317 e. The van der Waals surface area contributed by atoms with Gasteiger partial charge in [-0.25, -0.2) is 0 Å². The zero-order valence-corrected chi connectivity index (χ0v) is 8.42. The molecule has 0 saturated carbocycles. The number of nitrogens with zero attached hydrogens (tertiary/aromatic N) is 1. The number of piperidine rings is 1. The van der Waals surface area contributed by atoms with Crippen molar-refractivity contribution in [2.45, 2.75) is 19.4 Å². The summed E-state index contributed by atoms with van der Waals surface area (Å²) >= 11 is 0. The van der Waals surface area contributed by atoms with Gasteiger partial charge in [0.1, 0.15) is 6.61 Å². The summed E-state index contributed by atoms with van der Waals surface area (Å²) in [6.07, 6.45) is 6.25. The van der Waals surface area contributed by atoms with Gasteiger partial charge in [0.05, 0.1) is 0 Å². The summed E-state index contributed by atoms with van der Waals surface area (Å²) < 4.78 is 0. The number of hydrogen-bond acceptors (Lipinski definition) is 3. The minimum absolute atomic E-state index is 0.386. The van der Waals surface area contributed by atoms with Crippen molar-refractivity contribution in [1.82, 2.24) is 10.4 Å². The van der Waals surface area contributed by atoms with Crippen LogP contribution in [0.3, 0.4) is 0 Å². The van der Waals surface area contributed by atoms with Crippen molar-refractivity contribution in [3.05, 3.63) is 0 Å². The molecule has 1 aliphatic heterocycles. The second-order valence-electron chi connectivity index (χ2n) is 3.53. The topological polar surface area (TPSA) is 24.5 Å². The molecule has 2 unspecified atom stereocenters. The van der Waals surface area contributed by atoms with E-state index in [1.54, 1.807) is 0 Å². The summed E-state index contributed by atoms with van der Waals surface area (Å²) in [5, 5.41) is 5.28. The maximum Gasteiger partial charge on any atom is 0.129 e. The van der Waals surface area contributed by atoms with Gasteiger partial charge in [-0.05, 0) is 19.4 Å². The highest BCUT2D eigenvalue weighted by Crippen LogP contribution is 2.16. The monoisotopic (exact) mass is 182 g/mol. The Labute approximate surface area is 80.4 Å². The molecule has 1 fully saturated rings. The molecular formula is C10H18N2O. The van der Waals surface area contributed by atoms with E-state index in [1.165, 1.54) is 0 Å². The number of hydroxylamine groups is 2. The van der Waals surface area contributed by atoms with Gasteiger partial charge in [-0.2, -0.15) is 5.06 Å². The molecule has 0 aromatic carbocycles. The molecule has 0 amide bonds. The predicted octanol–water partition coefficient (Wildman–Crippen LogP) is 0.481. The van der Waals surface area contributed by atoms with Crippen LogP contribution in [0.25, 0.3) is 0 Å². The van der Waals surface area contributed by atoms with E-state index in [0.717, 1.165) is 19.5 Å². The molecule has 1 heterocycles. The molecule has 1 aliphatic rings. The van der Waals surface area contributed by atoms with Gasteiger partial charge in [-0.15, -0.1) is 6.42 Å². The highest BCUT2D eigenvalue weighted by molar-refractivity contribution is 4.84. The Morgan fingerprint density at radius 3 is 3.00 bits per heavy atom. The quantitative estimate of drug-likeness (QED) is 0.643. The van der Waals surface area contributed by atoms with Crippen LogP contribution in [-0.2, 0) is 4.84 Å². The average molecular weight is 182 g/mol. The molecule has 1 N–H and O–H groups in total. The van der Waals surface area contributed by atoms with Crippen LogP contribution in [0.2, 0.25) is 0 Å². The number of hydrogen-bond donors (Lipinski definition) is 1. The molecule has 3 nitrogen and oxygen atoms in total. The molecule has 1 rings (SSSR count). The van der Waals surface area contributed by atoms with E-state index in [4.69, 9.17) is 11.3 Å². The molecule has 13 heavy (non-hydrogen) atoms. The van der Waals surface area contributed by atoms with Gasteiger partial charge in [0.25, 0.3) is 0 Å². The summed E-state index contributed by atoms with van der Waals surface area (Å²) in [6.45, 7) is 4.55. The Morgan fingerprint density at radius 2 is 2.46 bits per heavy atom. The fourth-order valence-electron chi connectivity index (χ4n) is 1.78. The molecule has 0 aliphatic carbocycles. The van der Waals surface area contributed by atoms with Crippen molar-refractivity contribution < 1.29 is 4.84 Å². The Bertz CT molecular complexity index is 188. The lowest BCUT2D eigenvalue weighted by Crippen LogP contribution is -2.47. The zero-order chi connectivity index (χ0) is 9.68. The van der Waals surface area contributed by atoms with Gasteiger partial charge in [-0.1, -0.05) is 12.8 Å². The molecule has 74 valence electrons. The van der Waals surface area contributed by atoms with E-state index < -0.39 is 0 Å². The Kier molecular flexibility index (Phi) is 4.23. The van der Waals surface area contributed by atoms with Crippen molar-refractivity contribution in [3.8, 4) is 12.3 Å². The van der Waals surface area contributed by atoms with E-state index >= 15 is 0 Å². The summed E-state index contributed by atoms with van der Waals surface area (Å²) in [5.41, 5.74) is 0. The van der Waals surface area contributed by atoms with Gasteiger partial charge in [-0.3, -0.25) is 4.84 Å². The maximum absolute atomic E-state index is 5.36. The van der Waals surface area contributed by atoms with E-state index in [9.17, 15) is 0 Å². The van der Waals surface area contributed by atoms with Crippen molar-refractivity contribution in [2.75, 3.05) is 26.7 Å². The molecular weight excluding hydrogens is 164 g/mol. The third kappa shape index (κ3) is 3.00. The van der Waals surface area contributed by atoms with Crippen LogP contribution in [0.5, 0.6) is 0 Å². The summed E-state index contributed by atoms with van der Waals surface area (Å²) in [4.78, 5) is 5.36. The predicted molar refractivity (Wildman–Crippen MR) is 53.0 cm³/mol. The van der Waals surface area contributed by atoms with Crippen LogP contribution in [0.4, 0.5) is 0 Å². The lowest BCUT2D eigenvalue weighted by molar-refractivity contribution is -0.168. The van der Waals surface area contributed by atoms with Gasteiger partial charge in [0, 0.05) is 19.1 Å². The number of rotatable bonds is 3. The second kappa shape index (κ2) is 5.23. The standard InChI is InChI=1S/C10H18N2O/c1-4-7-13-12-6-5-10(11-3)9(2)8-12/h1,9-11H,5-8H2,2-3H3. The summed E-state index contributed by atoms with van der Waals surface area (Å²) in [5.74, 6) is 3.10. The van der Waals surface area contributed by atoms with Crippen molar-refractivity contribution in [3.63, 3.8) is 0 Å². The average Bonchev–Trinajstić information content (AvgIpc) is 2.15. The van der Waals surface area contributed by atoms with Crippen LogP contribution in [-0.4, -0.2) is 37.8 Å². The minimum Gasteiger partial charge on any atom is -0.317 e. The van der Waals surface area contributed by atoms with E-state index in [1.807, 2.05) is 12.1 Å². The van der Waals surface area contributed by atoms with Gasteiger partial charge in [0.2, 0.25) is 0 Å². The first kappa shape index (κ1) is 10.5. The first-order chi connectivity index (χ1) is 6.27. The molecule has 0 bridgehead atoms. The van der Waals surface area contributed by atoms with Crippen LogP contribution in [0.15, 0.2) is 0 Å². The maximum atomic E-state index is 5.36. The molecule has 0 radical (unpaired) electrons. The van der Waals surface area contributed by atoms with Gasteiger partial charge >= 0.3 is 0 Å². The molecule has 1 saturated heterocycles. The Morgan fingerprint density at radius 1 is 1.69 bits per heavy atom. The SMILES string of the molecule is C#CCON1CCC(NC)C(C)C1. The third-order valence-electron chi connectivity index (χ3n) is 2.57. The fraction of sp³-hybridized carbons (Fsp3) is 0.800. The molecule has 0 aromatic heterocycles. The Hall–Kier alpha value is -0.560. The highest BCUT2D eigenvalue weighted by atomic mass is 16.7. The molecule has 0 aromatic rings. The summed E-state index contributed by atoms with van der Waals surface area (Å²) in [6, 6.07) is 0.616. The first-order valence-corrected chi connectivity index (χ1v) is 4.76. The van der Waals surface area contributed by atoms with Gasteiger partial charge < -0.3 is 5.32 Å². The lowest BCUT2D eigenvalue weighted by atomic mass is 9.95. The minimum atomic E-state index is 0.386. The van der Waals surface area contributed by atoms with Crippen LogP contribution < -0.4 is 5.32 Å². The van der Waals surface area contributed by atoms with Crippen LogP contribution >= 0.6 is 0 Å². The fourth-order valence-corrected chi connectivity index (χ4v) is 1.78. The number of terminal acetylenes is 1. The first-order valence-electron chi connectivity index (χ1n) is 4.76. The molecule has 2 atom stereocenters. The van der Waals surface area contributed by atoms with E-state index in [2.05, 4.69) is 18.2 Å². The van der Waals surface area contributed by atoms with Crippen molar-refractivity contribution in [2.24, 2.45) is 5.92 Å². The number of nitrogens with one attached hydrogen (secondary N) is 1. The van der Waals surface area contributed by atoms with Crippen LogP contribution in [0.1, 0.15) is 13.3 Å². The smallest absolute Gasteiger partial charge is 0.129 e. The van der Waals surface area contributed by atoms with Crippen LogP contribution in [0, 0.1) is 18.3 Å². The zero-order valence-electron chi connectivity index (χ0n) is 8.42. The Balaban J connectivity index is 2.29. The van der Waals surface area contributed by atoms with Crippen molar-refractivity contribution in [1.29, 1.82) is 0 Å².